The molecule has 0 aliphatic heterocycles. The average molecular weight is 414 g/mol. The summed E-state index contributed by atoms with van der Waals surface area (Å²) in [6.07, 6.45) is 3.42. The summed E-state index contributed by atoms with van der Waals surface area (Å²) in [6.45, 7) is 4.46. The highest BCUT2D eigenvalue weighted by Gasteiger charge is 2.28. The van der Waals surface area contributed by atoms with Crippen LogP contribution in [0, 0.1) is 15.4 Å². The number of carbonyl (C=O) groups excluding carboxylic acids is 2. The van der Waals surface area contributed by atoms with Crippen molar-refractivity contribution in [2.75, 3.05) is 6.54 Å². The third-order valence-corrected chi connectivity index (χ3v) is 5.52. The van der Waals surface area contributed by atoms with E-state index in [0.29, 0.717) is 17.4 Å². The Bertz CT molecular complexity index is 547. The molecule has 4 nitrogen and oxygen atoms in total. The first kappa shape index (κ1) is 17.2. The number of carbonyl (C=O) groups is 2. The van der Waals surface area contributed by atoms with Gasteiger partial charge < -0.3 is 10.6 Å². The lowest BCUT2D eigenvalue weighted by Crippen LogP contribution is -2.47. The molecular formula is C17H23IN2O2. The number of nitrogens with one attached hydrogen (secondary N) is 2. The maximum absolute atomic E-state index is 12.1. The molecule has 3 atom stereocenters. The van der Waals surface area contributed by atoms with Crippen molar-refractivity contribution >= 4 is 34.4 Å². The number of hydrogen-bond acceptors (Lipinski definition) is 2. The molecular weight excluding hydrogens is 391 g/mol. The van der Waals surface area contributed by atoms with Crippen molar-refractivity contribution in [1.29, 1.82) is 0 Å². The molecule has 1 aliphatic rings. The van der Waals surface area contributed by atoms with Crippen LogP contribution in [0.1, 0.15) is 43.5 Å². The van der Waals surface area contributed by atoms with Gasteiger partial charge in [-0.1, -0.05) is 38.8 Å². The van der Waals surface area contributed by atoms with Crippen molar-refractivity contribution in [2.45, 2.75) is 39.2 Å². The van der Waals surface area contributed by atoms with Crippen molar-refractivity contribution in [2.24, 2.45) is 11.8 Å². The van der Waals surface area contributed by atoms with Gasteiger partial charge in [0.15, 0.2) is 0 Å². The zero-order valence-electron chi connectivity index (χ0n) is 13.1. The summed E-state index contributed by atoms with van der Waals surface area (Å²) in [5.41, 5.74) is 0.607. The second-order valence-corrected chi connectivity index (χ2v) is 7.27. The number of rotatable bonds is 4. The fourth-order valence-electron chi connectivity index (χ4n) is 2.94. The Hall–Kier alpha value is -1.11. The molecule has 0 aromatic heterocycles. The lowest BCUT2D eigenvalue weighted by molar-refractivity contribution is -0.121. The van der Waals surface area contributed by atoms with E-state index in [1.807, 2.05) is 18.2 Å². The Morgan fingerprint density at radius 3 is 2.68 bits per heavy atom. The van der Waals surface area contributed by atoms with Gasteiger partial charge >= 0.3 is 0 Å². The Morgan fingerprint density at radius 1 is 1.23 bits per heavy atom. The zero-order valence-corrected chi connectivity index (χ0v) is 15.2. The van der Waals surface area contributed by atoms with E-state index in [4.69, 9.17) is 0 Å². The van der Waals surface area contributed by atoms with E-state index in [1.54, 1.807) is 6.07 Å². The largest absolute Gasteiger partial charge is 0.352 e. The summed E-state index contributed by atoms with van der Waals surface area (Å²) >= 11 is 2.12. The molecule has 2 N–H and O–H groups in total. The van der Waals surface area contributed by atoms with Gasteiger partial charge in [-0.2, -0.15) is 0 Å². The predicted molar refractivity (Wildman–Crippen MR) is 95.6 cm³/mol. The summed E-state index contributed by atoms with van der Waals surface area (Å²) in [5.74, 6) is 0.818. The molecule has 0 unspecified atom stereocenters. The molecule has 0 radical (unpaired) electrons. The molecule has 2 amide bonds. The maximum atomic E-state index is 12.1. The number of halogens is 1. The van der Waals surface area contributed by atoms with Gasteiger partial charge in [0.05, 0.1) is 12.1 Å². The van der Waals surface area contributed by atoms with Crippen molar-refractivity contribution in [3.63, 3.8) is 0 Å². The Morgan fingerprint density at radius 2 is 1.95 bits per heavy atom. The normalized spacial score (nSPS) is 24.6. The molecule has 0 spiro atoms. The van der Waals surface area contributed by atoms with E-state index in [9.17, 15) is 9.59 Å². The van der Waals surface area contributed by atoms with Gasteiger partial charge in [-0.3, -0.25) is 9.59 Å². The summed E-state index contributed by atoms with van der Waals surface area (Å²) in [7, 11) is 0. The van der Waals surface area contributed by atoms with Crippen LogP contribution in [0.25, 0.3) is 0 Å². The van der Waals surface area contributed by atoms with E-state index < -0.39 is 0 Å². The van der Waals surface area contributed by atoms with Crippen LogP contribution in [0.5, 0.6) is 0 Å². The van der Waals surface area contributed by atoms with Gasteiger partial charge in [0.2, 0.25) is 5.91 Å². The van der Waals surface area contributed by atoms with Gasteiger partial charge in [-0.25, -0.2) is 0 Å². The van der Waals surface area contributed by atoms with E-state index in [-0.39, 0.29) is 24.4 Å². The van der Waals surface area contributed by atoms with E-state index in [1.165, 1.54) is 6.42 Å². The Balaban J connectivity index is 1.83. The maximum Gasteiger partial charge on any atom is 0.252 e. The van der Waals surface area contributed by atoms with Crippen LogP contribution in [0.3, 0.4) is 0 Å². The van der Waals surface area contributed by atoms with Crippen molar-refractivity contribution < 1.29 is 9.59 Å². The minimum Gasteiger partial charge on any atom is -0.352 e. The molecule has 0 heterocycles. The lowest BCUT2D eigenvalue weighted by Gasteiger charge is -2.34. The quantitative estimate of drug-likeness (QED) is 0.745. The monoisotopic (exact) mass is 414 g/mol. The Labute approximate surface area is 145 Å². The van der Waals surface area contributed by atoms with Gasteiger partial charge in [-0.05, 0) is 53.0 Å². The van der Waals surface area contributed by atoms with Gasteiger partial charge in [-0.15, -0.1) is 0 Å². The first-order chi connectivity index (χ1) is 10.5. The predicted octanol–water partition coefficient (Wildman–Crippen LogP) is 2.96. The molecule has 22 heavy (non-hydrogen) atoms. The highest BCUT2D eigenvalue weighted by atomic mass is 127. The van der Waals surface area contributed by atoms with Crippen molar-refractivity contribution in [3.05, 3.63) is 33.4 Å². The summed E-state index contributed by atoms with van der Waals surface area (Å²) in [4.78, 5) is 24.1. The smallest absolute Gasteiger partial charge is 0.252 e. The summed E-state index contributed by atoms with van der Waals surface area (Å²) < 4.78 is 0.882. The molecule has 5 heteroatoms. The van der Waals surface area contributed by atoms with Crippen LogP contribution in [0.15, 0.2) is 24.3 Å². The third-order valence-electron chi connectivity index (χ3n) is 4.58. The summed E-state index contributed by atoms with van der Waals surface area (Å²) in [6, 6.07) is 7.57. The highest BCUT2D eigenvalue weighted by Crippen LogP contribution is 2.29. The first-order valence-electron chi connectivity index (χ1n) is 7.81. The van der Waals surface area contributed by atoms with Crippen molar-refractivity contribution in [3.8, 4) is 0 Å². The molecule has 1 aliphatic carbocycles. The summed E-state index contributed by atoms with van der Waals surface area (Å²) in [5, 5.41) is 5.76. The molecule has 2 rings (SSSR count). The number of amides is 2. The van der Waals surface area contributed by atoms with Crippen LogP contribution in [0.2, 0.25) is 0 Å². The Kier molecular flexibility index (Phi) is 6.23. The van der Waals surface area contributed by atoms with E-state index >= 15 is 0 Å². The minimum absolute atomic E-state index is 0.0292. The molecule has 120 valence electrons. The first-order valence-corrected chi connectivity index (χ1v) is 8.89. The fourth-order valence-corrected chi connectivity index (χ4v) is 3.58. The lowest BCUT2D eigenvalue weighted by atomic mass is 9.78. The molecule has 1 fully saturated rings. The zero-order chi connectivity index (χ0) is 16.1. The van der Waals surface area contributed by atoms with Gasteiger partial charge in [0.25, 0.3) is 5.91 Å². The minimum atomic E-state index is -0.204. The number of benzene rings is 1. The molecule has 0 bridgehead atoms. The third kappa shape index (κ3) is 4.44. The van der Waals surface area contributed by atoms with Gasteiger partial charge in [0.1, 0.15) is 0 Å². The van der Waals surface area contributed by atoms with Crippen LogP contribution in [-0.2, 0) is 4.79 Å². The van der Waals surface area contributed by atoms with Crippen LogP contribution in [0.4, 0.5) is 0 Å². The van der Waals surface area contributed by atoms with Crippen LogP contribution >= 0.6 is 22.6 Å². The molecule has 1 aromatic carbocycles. The average Bonchev–Trinajstić information content (AvgIpc) is 2.50. The standard InChI is InChI=1S/C17H23IN2O2/c1-11-6-5-9-15(12(11)2)20-16(21)10-19-17(22)13-7-3-4-8-14(13)18/h3-4,7-8,11-12,15H,5-6,9-10H2,1-2H3,(H,19,22)(H,20,21)/t11-,12-,15+/m1/s1. The highest BCUT2D eigenvalue weighted by molar-refractivity contribution is 14.1. The second-order valence-electron chi connectivity index (χ2n) is 6.10. The van der Waals surface area contributed by atoms with Gasteiger partial charge in [0, 0.05) is 9.61 Å². The van der Waals surface area contributed by atoms with Crippen LogP contribution < -0.4 is 10.6 Å². The van der Waals surface area contributed by atoms with E-state index in [0.717, 1.165) is 16.4 Å². The fraction of sp³-hybridized carbons (Fsp3) is 0.529. The topological polar surface area (TPSA) is 58.2 Å². The molecule has 0 saturated heterocycles. The molecule has 1 aromatic rings. The van der Waals surface area contributed by atoms with E-state index in [2.05, 4.69) is 47.1 Å². The number of hydrogen-bond donors (Lipinski definition) is 2. The van der Waals surface area contributed by atoms with Crippen LogP contribution in [-0.4, -0.2) is 24.4 Å². The van der Waals surface area contributed by atoms with Crippen molar-refractivity contribution in [1.82, 2.24) is 10.6 Å². The second kappa shape index (κ2) is 7.94. The SMILES string of the molecule is C[C@@H]1[C@H](C)CCC[C@@H]1NC(=O)CNC(=O)c1ccccc1I. The molecule has 1 saturated carbocycles.